The van der Waals surface area contributed by atoms with Crippen molar-refractivity contribution >= 4 is 54.5 Å². The van der Waals surface area contributed by atoms with Crippen molar-refractivity contribution in [3.63, 3.8) is 0 Å². The predicted molar refractivity (Wildman–Crippen MR) is 246 cm³/mol. The average molecular weight is 739 g/mol. The van der Waals surface area contributed by atoms with Gasteiger partial charge in [0.2, 0.25) is 0 Å². The molecule has 11 rings (SSSR count). The number of allylic oxidation sites excluding steroid dienone is 1. The lowest BCUT2D eigenvalue weighted by atomic mass is 9.85. The van der Waals surface area contributed by atoms with Crippen molar-refractivity contribution in [2.75, 3.05) is 0 Å². The molecule has 0 bridgehead atoms. The molecule has 1 N–H and O–H groups in total. The molecule has 1 heterocycles. The van der Waals surface area contributed by atoms with E-state index in [0.717, 1.165) is 28.1 Å². The summed E-state index contributed by atoms with van der Waals surface area (Å²) < 4.78 is 0. The van der Waals surface area contributed by atoms with E-state index in [0.29, 0.717) is 0 Å². The Morgan fingerprint density at radius 2 is 0.845 bits per heavy atom. The Morgan fingerprint density at radius 3 is 1.50 bits per heavy atom. The molecule has 58 heavy (non-hydrogen) atoms. The summed E-state index contributed by atoms with van der Waals surface area (Å²) in [5.41, 5.74) is 12.7. The van der Waals surface area contributed by atoms with Gasteiger partial charge in [-0.15, -0.1) is 0 Å². The molecule has 1 unspecified atom stereocenters. The van der Waals surface area contributed by atoms with Crippen LogP contribution in [-0.4, -0.2) is 5.71 Å². The van der Waals surface area contributed by atoms with Crippen LogP contribution in [0.25, 0.3) is 82.2 Å². The van der Waals surface area contributed by atoms with Crippen molar-refractivity contribution < 1.29 is 0 Å². The van der Waals surface area contributed by atoms with Gasteiger partial charge in [-0.1, -0.05) is 200 Å². The molecule has 2 nitrogen and oxygen atoms in total. The van der Waals surface area contributed by atoms with Gasteiger partial charge in [-0.3, -0.25) is 4.99 Å². The van der Waals surface area contributed by atoms with E-state index in [-0.39, 0.29) is 6.17 Å². The SMILES string of the molecule is C1=C(c2ccc(-c3cc4ccccc4c4ccccc34)cc2)NC(c2cccc(-c3c4ccccc4c(-c4ccccc4)c4ccccc34)c2)N=C1c1ccccc1. The van der Waals surface area contributed by atoms with Crippen LogP contribution < -0.4 is 5.32 Å². The number of benzene rings is 10. The number of fused-ring (bicyclic) bond motifs is 5. The number of hydrogen-bond acceptors (Lipinski definition) is 2. The van der Waals surface area contributed by atoms with Crippen molar-refractivity contribution in [3.05, 3.63) is 235 Å². The molecule has 1 aliphatic heterocycles. The molecular formula is C56H38N2. The first kappa shape index (κ1) is 33.8. The summed E-state index contributed by atoms with van der Waals surface area (Å²) in [5.74, 6) is 0. The Bertz CT molecular complexity index is 3170. The molecule has 272 valence electrons. The van der Waals surface area contributed by atoms with Gasteiger partial charge in [0.15, 0.2) is 0 Å². The van der Waals surface area contributed by atoms with Gasteiger partial charge in [0, 0.05) is 5.70 Å². The molecule has 0 saturated heterocycles. The lowest BCUT2D eigenvalue weighted by Gasteiger charge is -2.26. The van der Waals surface area contributed by atoms with Crippen molar-refractivity contribution in [3.8, 4) is 33.4 Å². The molecule has 0 saturated carbocycles. The van der Waals surface area contributed by atoms with E-state index < -0.39 is 0 Å². The van der Waals surface area contributed by atoms with Gasteiger partial charge in [0.05, 0.1) is 5.71 Å². The molecule has 0 amide bonds. The van der Waals surface area contributed by atoms with Crippen molar-refractivity contribution in [1.29, 1.82) is 0 Å². The van der Waals surface area contributed by atoms with Crippen LogP contribution >= 0.6 is 0 Å². The van der Waals surface area contributed by atoms with E-state index in [1.165, 1.54) is 76.5 Å². The van der Waals surface area contributed by atoms with Gasteiger partial charge in [0.1, 0.15) is 6.17 Å². The van der Waals surface area contributed by atoms with Gasteiger partial charge in [-0.25, -0.2) is 0 Å². The van der Waals surface area contributed by atoms with Crippen LogP contribution in [0.5, 0.6) is 0 Å². The monoisotopic (exact) mass is 738 g/mol. The van der Waals surface area contributed by atoms with Crippen LogP contribution in [0.3, 0.4) is 0 Å². The Morgan fingerprint density at radius 1 is 0.345 bits per heavy atom. The molecule has 1 atom stereocenters. The molecule has 10 aromatic rings. The summed E-state index contributed by atoms with van der Waals surface area (Å²) in [6, 6.07) is 76.7. The number of hydrogen-bond donors (Lipinski definition) is 1. The van der Waals surface area contributed by atoms with Crippen molar-refractivity contribution in [2.45, 2.75) is 6.17 Å². The summed E-state index contributed by atoms with van der Waals surface area (Å²) in [6.07, 6.45) is 1.90. The summed E-state index contributed by atoms with van der Waals surface area (Å²) in [6.45, 7) is 0. The second kappa shape index (κ2) is 14.2. The second-order valence-corrected chi connectivity index (χ2v) is 15.1. The first-order valence-electron chi connectivity index (χ1n) is 20.0. The maximum Gasteiger partial charge on any atom is 0.145 e. The van der Waals surface area contributed by atoms with Gasteiger partial charge in [-0.05, 0) is 111 Å². The minimum Gasteiger partial charge on any atom is -0.360 e. The maximum atomic E-state index is 5.37. The Labute approximate surface area is 338 Å². The van der Waals surface area contributed by atoms with E-state index in [9.17, 15) is 0 Å². The van der Waals surface area contributed by atoms with Gasteiger partial charge < -0.3 is 5.32 Å². The third-order valence-corrected chi connectivity index (χ3v) is 11.7. The minimum absolute atomic E-state index is 0.291. The summed E-state index contributed by atoms with van der Waals surface area (Å²) >= 11 is 0. The highest BCUT2D eigenvalue weighted by Crippen LogP contribution is 2.44. The molecule has 1 aliphatic rings. The van der Waals surface area contributed by atoms with Crippen LogP contribution in [0.15, 0.2) is 223 Å². The first-order chi connectivity index (χ1) is 28.8. The normalized spacial score (nSPS) is 14.0. The van der Waals surface area contributed by atoms with E-state index in [1.807, 2.05) is 0 Å². The smallest absolute Gasteiger partial charge is 0.145 e. The van der Waals surface area contributed by atoms with Gasteiger partial charge in [-0.2, -0.15) is 0 Å². The van der Waals surface area contributed by atoms with E-state index in [2.05, 4.69) is 224 Å². The highest BCUT2D eigenvalue weighted by molar-refractivity contribution is 6.21. The molecule has 10 aromatic carbocycles. The van der Waals surface area contributed by atoms with E-state index >= 15 is 0 Å². The Hall–Kier alpha value is -7.55. The molecule has 0 aromatic heterocycles. The lowest BCUT2D eigenvalue weighted by Crippen LogP contribution is -2.24. The Balaban J connectivity index is 1.01. The number of aliphatic imine (C=N–C) groups is 1. The lowest BCUT2D eigenvalue weighted by molar-refractivity contribution is 0.664. The summed E-state index contributed by atoms with van der Waals surface area (Å²) in [5, 5.41) is 13.9. The van der Waals surface area contributed by atoms with Crippen LogP contribution in [0.4, 0.5) is 0 Å². The van der Waals surface area contributed by atoms with Gasteiger partial charge >= 0.3 is 0 Å². The summed E-state index contributed by atoms with van der Waals surface area (Å²) in [4.78, 5) is 5.37. The third kappa shape index (κ3) is 5.86. The van der Waals surface area contributed by atoms with E-state index in [4.69, 9.17) is 4.99 Å². The fourth-order valence-corrected chi connectivity index (χ4v) is 8.97. The fraction of sp³-hybridized carbons (Fsp3) is 0.0179. The zero-order valence-corrected chi connectivity index (χ0v) is 31.8. The van der Waals surface area contributed by atoms with Crippen LogP contribution in [0.1, 0.15) is 22.9 Å². The Kier molecular flexibility index (Phi) is 8.26. The largest absolute Gasteiger partial charge is 0.360 e. The molecular weight excluding hydrogens is 701 g/mol. The van der Waals surface area contributed by atoms with Crippen LogP contribution in [-0.2, 0) is 0 Å². The minimum atomic E-state index is -0.291. The molecule has 2 heteroatoms. The van der Waals surface area contributed by atoms with Crippen molar-refractivity contribution in [1.82, 2.24) is 5.32 Å². The molecule has 0 fully saturated rings. The topological polar surface area (TPSA) is 24.4 Å². The fourth-order valence-electron chi connectivity index (χ4n) is 8.97. The van der Waals surface area contributed by atoms with Crippen LogP contribution in [0, 0.1) is 0 Å². The maximum absolute atomic E-state index is 5.37. The van der Waals surface area contributed by atoms with Crippen molar-refractivity contribution in [2.24, 2.45) is 4.99 Å². The summed E-state index contributed by atoms with van der Waals surface area (Å²) in [7, 11) is 0. The third-order valence-electron chi connectivity index (χ3n) is 11.7. The molecule has 0 radical (unpaired) electrons. The van der Waals surface area contributed by atoms with Crippen LogP contribution in [0.2, 0.25) is 0 Å². The first-order valence-corrected chi connectivity index (χ1v) is 20.0. The number of rotatable bonds is 6. The molecule has 0 spiro atoms. The predicted octanol–water partition coefficient (Wildman–Crippen LogP) is 14.4. The average Bonchev–Trinajstić information content (AvgIpc) is 3.31. The molecule has 0 aliphatic carbocycles. The quantitative estimate of drug-likeness (QED) is 0.133. The zero-order chi connectivity index (χ0) is 38.4. The highest BCUT2D eigenvalue weighted by Gasteiger charge is 2.22. The number of nitrogens with zero attached hydrogens (tertiary/aromatic N) is 1. The standard InChI is InChI=1S/C56H38N2/c1-3-16-38(17-4-1)52-36-53(39-32-30-37(31-33-39)51-35-41-20-7-8-23-44(41)45-24-9-10-25-46(45)51)58-56(57-52)43-22-15-21-42(34-43)55-49-28-13-11-26-47(49)54(40-18-5-2-6-19-40)48-27-12-14-29-50(48)55/h1-36,56,58H. The highest BCUT2D eigenvalue weighted by atomic mass is 15.1. The second-order valence-electron chi connectivity index (χ2n) is 15.1. The number of nitrogens with one attached hydrogen (secondary N) is 1. The van der Waals surface area contributed by atoms with E-state index in [1.54, 1.807) is 0 Å². The zero-order valence-electron chi connectivity index (χ0n) is 31.8. The van der Waals surface area contributed by atoms with Gasteiger partial charge in [0.25, 0.3) is 0 Å².